The molecule has 9 nitrogen and oxygen atoms in total. The van der Waals surface area contributed by atoms with Crippen molar-refractivity contribution in [2.24, 2.45) is 4.99 Å². The van der Waals surface area contributed by atoms with Crippen LogP contribution in [0.3, 0.4) is 0 Å². The average Bonchev–Trinajstić information content (AvgIpc) is 3.35. The van der Waals surface area contributed by atoms with Crippen molar-refractivity contribution in [3.63, 3.8) is 0 Å². The third-order valence-corrected chi connectivity index (χ3v) is 6.25. The van der Waals surface area contributed by atoms with Gasteiger partial charge in [-0.2, -0.15) is 0 Å². The molecule has 1 fully saturated rings. The zero-order chi connectivity index (χ0) is 24.0. The molecule has 0 bridgehead atoms. The number of carbonyl (C=O) groups excluding carboxylic acids is 3. The summed E-state index contributed by atoms with van der Waals surface area (Å²) in [5, 5.41) is 0.610. The number of urea groups is 1. The van der Waals surface area contributed by atoms with E-state index >= 15 is 0 Å². The van der Waals surface area contributed by atoms with Crippen LogP contribution in [0.15, 0.2) is 71.5 Å². The van der Waals surface area contributed by atoms with Crippen LogP contribution >= 0.6 is 11.6 Å². The number of rotatable bonds is 5. The Morgan fingerprint density at radius 2 is 1.79 bits per heavy atom. The van der Waals surface area contributed by atoms with Gasteiger partial charge in [-0.15, -0.1) is 0 Å². The number of anilines is 1. The van der Waals surface area contributed by atoms with Gasteiger partial charge in [0.15, 0.2) is 12.2 Å². The zero-order valence-electron chi connectivity index (χ0n) is 18.6. The molecule has 2 aromatic carbocycles. The van der Waals surface area contributed by atoms with Gasteiger partial charge in [0.1, 0.15) is 13.2 Å². The second-order valence-electron chi connectivity index (χ2n) is 8.24. The summed E-state index contributed by atoms with van der Waals surface area (Å²) in [6, 6.07) is 15.1. The number of guanidine groups is 1. The molecule has 0 radical (unpaired) electrons. The van der Waals surface area contributed by atoms with Crippen LogP contribution in [0.5, 0.6) is 0 Å². The topological polar surface area (TPSA) is 85.8 Å². The first-order valence-electron chi connectivity index (χ1n) is 10.7. The number of fused-ring (bicyclic) bond motifs is 3. The Hall–Kier alpha value is -3.85. The first kappa shape index (κ1) is 22.0. The van der Waals surface area contributed by atoms with Crippen LogP contribution in [0.25, 0.3) is 0 Å². The van der Waals surface area contributed by atoms with Crippen LogP contribution in [0.2, 0.25) is 5.02 Å². The summed E-state index contributed by atoms with van der Waals surface area (Å²) in [5.41, 5.74) is 2.51. The molecule has 3 heterocycles. The van der Waals surface area contributed by atoms with Gasteiger partial charge in [0.25, 0.3) is 5.91 Å². The Morgan fingerprint density at radius 3 is 2.50 bits per heavy atom. The van der Waals surface area contributed by atoms with E-state index in [1.165, 1.54) is 4.90 Å². The monoisotopic (exact) mass is 479 g/mol. The van der Waals surface area contributed by atoms with Crippen LogP contribution in [0, 0.1) is 0 Å². The Balaban J connectivity index is 1.34. The largest absolute Gasteiger partial charge is 0.459 e. The molecule has 1 saturated heterocycles. The fraction of sp³-hybridized carbons (Fsp3) is 0.250. The minimum Gasteiger partial charge on any atom is -0.459 e. The van der Waals surface area contributed by atoms with Gasteiger partial charge in [-0.3, -0.25) is 19.4 Å². The number of allylic oxidation sites excluding steroid dienone is 1. The number of benzene rings is 2. The number of hydrogen-bond acceptors (Lipinski definition) is 7. The maximum Gasteiger partial charge on any atom is 0.328 e. The Labute approximate surface area is 201 Å². The lowest BCUT2D eigenvalue weighted by Crippen LogP contribution is -2.65. The molecule has 3 aliphatic heterocycles. The van der Waals surface area contributed by atoms with Crippen LogP contribution in [-0.2, 0) is 20.9 Å². The van der Waals surface area contributed by atoms with Crippen LogP contribution in [-0.4, -0.2) is 64.4 Å². The molecule has 5 rings (SSSR count). The number of halogens is 1. The van der Waals surface area contributed by atoms with Crippen molar-refractivity contribution in [1.29, 1.82) is 0 Å². The van der Waals surface area contributed by atoms with E-state index in [2.05, 4.69) is 0 Å². The van der Waals surface area contributed by atoms with Crippen molar-refractivity contribution in [3.8, 4) is 0 Å². The van der Waals surface area contributed by atoms with Crippen molar-refractivity contribution in [2.75, 3.05) is 18.5 Å². The average molecular weight is 480 g/mol. The minimum absolute atomic E-state index is 0.0646. The number of esters is 1. The fourth-order valence-corrected chi connectivity index (χ4v) is 4.45. The van der Waals surface area contributed by atoms with Gasteiger partial charge < -0.3 is 14.5 Å². The first-order chi connectivity index (χ1) is 16.3. The molecular formula is C24H22ClN5O4. The van der Waals surface area contributed by atoms with Crippen molar-refractivity contribution in [2.45, 2.75) is 25.7 Å². The third-order valence-electron chi connectivity index (χ3n) is 6.00. The lowest BCUT2D eigenvalue weighted by Gasteiger charge is -2.39. The van der Waals surface area contributed by atoms with Gasteiger partial charge in [-0.25, -0.2) is 9.79 Å². The molecule has 10 heteroatoms. The van der Waals surface area contributed by atoms with Crippen LogP contribution < -0.4 is 4.90 Å². The summed E-state index contributed by atoms with van der Waals surface area (Å²) in [6.45, 7) is 1.51. The van der Waals surface area contributed by atoms with E-state index in [9.17, 15) is 14.4 Å². The van der Waals surface area contributed by atoms with E-state index in [4.69, 9.17) is 21.3 Å². The van der Waals surface area contributed by atoms with E-state index in [0.29, 0.717) is 11.0 Å². The summed E-state index contributed by atoms with van der Waals surface area (Å²) in [4.78, 5) is 49.5. The highest BCUT2D eigenvalue weighted by Crippen LogP contribution is 2.36. The maximum atomic E-state index is 13.4. The first-order valence-corrected chi connectivity index (χ1v) is 11.1. The number of ether oxygens (including phenoxy) is 1. The van der Waals surface area contributed by atoms with Crippen LogP contribution in [0.1, 0.15) is 12.5 Å². The van der Waals surface area contributed by atoms with Crippen molar-refractivity contribution in [1.82, 2.24) is 14.7 Å². The molecule has 2 aromatic rings. The number of likely N-dealkylation sites (N-methyl/N-ethyl adjacent to an activating group) is 1. The summed E-state index contributed by atoms with van der Waals surface area (Å²) >= 11 is 6.03. The van der Waals surface area contributed by atoms with Crippen molar-refractivity contribution >= 4 is 41.2 Å². The number of carbonyl (C=O) groups is 3. The lowest BCUT2D eigenvalue weighted by molar-refractivity contribution is -0.151. The van der Waals surface area contributed by atoms with E-state index < -0.39 is 36.7 Å². The molecular weight excluding hydrogens is 458 g/mol. The van der Waals surface area contributed by atoms with E-state index in [0.717, 1.165) is 21.8 Å². The maximum absolute atomic E-state index is 13.4. The van der Waals surface area contributed by atoms with Crippen molar-refractivity contribution in [3.05, 3.63) is 77.1 Å². The minimum atomic E-state index is -0.771. The second kappa shape index (κ2) is 8.49. The van der Waals surface area contributed by atoms with E-state index in [1.54, 1.807) is 24.1 Å². The Morgan fingerprint density at radius 1 is 1.09 bits per heavy atom. The predicted molar refractivity (Wildman–Crippen MR) is 126 cm³/mol. The quantitative estimate of drug-likeness (QED) is 0.613. The normalized spacial score (nSPS) is 21.4. The summed E-state index contributed by atoms with van der Waals surface area (Å²) < 4.78 is 5.29. The highest BCUT2D eigenvalue weighted by atomic mass is 35.5. The van der Waals surface area contributed by atoms with Gasteiger partial charge in [0.05, 0.1) is 0 Å². The predicted octanol–water partition coefficient (Wildman–Crippen LogP) is 3.03. The van der Waals surface area contributed by atoms with Crippen LogP contribution in [0.4, 0.5) is 10.5 Å². The molecule has 3 amide bonds. The Kier molecular flexibility index (Phi) is 5.49. The Bertz CT molecular complexity index is 1210. The molecule has 3 aliphatic rings. The zero-order valence-corrected chi connectivity index (χ0v) is 19.3. The summed E-state index contributed by atoms with van der Waals surface area (Å²) in [5.74, 6) is -0.616. The van der Waals surface area contributed by atoms with Crippen molar-refractivity contribution < 1.29 is 19.1 Å². The number of imide groups is 1. The van der Waals surface area contributed by atoms with E-state index in [-0.39, 0.29) is 6.61 Å². The number of hydrogen-bond donors (Lipinski definition) is 0. The van der Waals surface area contributed by atoms with E-state index in [1.807, 2.05) is 60.5 Å². The second-order valence-corrected chi connectivity index (χ2v) is 8.68. The highest BCUT2D eigenvalue weighted by molar-refractivity contribution is 6.30. The number of nitrogens with zero attached hydrogens (tertiary/aromatic N) is 5. The molecule has 0 aromatic heterocycles. The molecule has 2 atom stereocenters. The molecule has 34 heavy (non-hydrogen) atoms. The third kappa shape index (κ3) is 3.67. The van der Waals surface area contributed by atoms with Gasteiger partial charge in [-0.05, 0) is 36.8 Å². The molecule has 0 N–H and O–H groups in total. The lowest BCUT2D eigenvalue weighted by atomic mass is 10.1. The molecule has 0 spiro atoms. The SMILES string of the molecule is CC1=CN2C(=NC3C2C(=O)N(CC(=O)OCc2ccccc2)C(=O)N3C)N1c1ccc(Cl)cc1. The van der Waals surface area contributed by atoms with Gasteiger partial charge in [0, 0.05) is 29.7 Å². The van der Waals surface area contributed by atoms with Gasteiger partial charge >= 0.3 is 12.0 Å². The summed E-state index contributed by atoms with van der Waals surface area (Å²) in [7, 11) is 1.57. The molecule has 174 valence electrons. The number of amides is 3. The molecule has 0 saturated carbocycles. The van der Waals surface area contributed by atoms with Gasteiger partial charge in [-0.1, -0.05) is 41.9 Å². The fourth-order valence-electron chi connectivity index (χ4n) is 4.32. The summed E-state index contributed by atoms with van der Waals surface area (Å²) in [6.07, 6.45) is 1.12. The standard InChI is InChI=1S/C24H22ClN5O4/c1-15-12-28-20-21(26-23(28)30(15)18-10-8-17(25)9-11-18)27(2)24(33)29(22(20)32)13-19(31)34-14-16-6-4-3-5-7-16/h3-12,20-21H,13-14H2,1-2H3. The smallest absolute Gasteiger partial charge is 0.328 e. The number of aliphatic imine (C=N–C) groups is 1. The molecule has 0 aliphatic carbocycles. The molecule has 2 unspecified atom stereocenters. The van der Waals surface area contributed by atoms with Gasteiger partial charge in [0.2, 0.25) is 5.96 Å². The highest BCUT2D eigenvalue weighted by Gasteiger charge is 2.54.